The molecule has 2 bridgehead atoms. The molecule has 3 N–H and O–H groups in total. The predicted molar refractivity (Wildman–Crippen MR) is 105 cm³/mol. The molecule has 0 heterocycles. The van der Waals surface area contributed by atoms with Crippen LogP contribution in [-0.2, 0) is 6.54 Å². The van der Waals surface area contributed by atoms with Crippen molar-refractivity contribution in [3.05, 3.63) is 35.4 Å². The molecule has 142 valence electrons. The molecule has 3 fully saturated rings. The van der Waals surface area contributed by atoms with Crippen LogP contribution in [0, 0.1) is 11.8 Å². The van der Waals surface area contributed by atoms with Crippen molar-refractivity contribution in [3.8, 4) is 0 Å². The number of hydrogen-bond donors (Lipinski definition) is 2. The first-order valence-electron chi connectivity index (χ1n) is 10.5. The fourth-order valence-corrected chi connectivity index (χ4v) is 5.19. The second kappa shape index (κ2) is 7.69. The van der Waals surface area contributed by atoms with E-state index in [1.165, 1.54) is 37.7 Å². The standard InChI is InChI=1S/C22H33N3O/c1-2-25(20-10-11-20)14-15-6-8-16(9-7-15)22(26)24-21-17-4-3-5-18(21)13-19(23)12-17/h6-9,17-21H,2-5,10-14,23H2,1H3,(H,24,26). The second-order valence-electron chi connectivity index (χ2n) is 8.67. The number of nitrogens with one attached hydrogen (secondary N) is 1. The van der Waals surface area contributed by atoms with Gasteiger partial charge in [-0.15, -0.1) is 0 Å². The number of carbonyl (C=O) groups is 1. The Balaban J connectivity index is 1.37. The number of nitrogens with zero attached hydrogens (tertiary/aromatic N) is 1. The number of benzene rings is 1. The van der Waals surface area contributed by atoms with Gasteiger partial charge < -0.3 is 11.1 Å². The first kappa shape index (κ1) is 18.0. The van der Waals surface area contributed by atoms with Gasteiger partial charge in [0.05, 0.1) is 0 Å². The topological polar surface area (TPSA) is 58.4 Å². The van der Waals surface area contributed by atoms with E-state index in [9.17, 15) is 4.79 Å². The zero-order chi connectivity index (χ0) is 18.1. The maximum atomic E-state index is 12.8. The summed E-state index contributed by atoms with van der Waals surface area (Å²) >= 11 is 0. The molecule has 3 aliphatic rings. The average molecular weight is 356 g/mol. The van der Waals surface area contributed by atoms with E-state index < -0.39 is 0 Å². The Kier molecular flexibility index (Phi) is 5.32. The Hall–Kier alpha value is -1.39. The van der Waals surface area contributed by atoms with Gasteiger partial charge in [0.1, 0.15) is 0 Å². The minimum absolute atomic E-state index is 0.0865. The molecule has 0 radical (unpaired) electrons. The minimum atomic E-state index is 0.0865. The number of nitrogens with two attached hydrogens (primary N) is 1. The van der Waals surface area contributed by atoms with Gasteiger partial charge in [-0.05, 0) is 74.6 Å². The molecule has 4 heteroatoms. The molecule has 1 aromatic rings. The van der Waals surface area contributed by atoms with Gasteiger partial charge in [0.2, 0.25) is 0 Å². The van der Waals surface area contributed by atoms with Crippen molar-refractivity contribution in [2.75, 3.05) is 6.54 Å². The zero-order valence-corrected chi connectivity index (χ0v) is 16.0. The summed E-state index contributed by atoms with van der Waals surface area (Å²) in [6.45, 7) is 4.32. The summed E-state index contributed by atoms with van der Waals surface area (Å²) in [7, 11) is 0. The largest absolute Gasteiger partial charge is 0.349 e. The highest BCUT2D eigenvalue weighted by atomic mass is 16.1. The van der Waals surface area contributed by atoms with E-state index in [2.05, 4.69) is 29.3 Å². The molecule has 26 heavy (non-hydrogen) atoms. The Labute approximate surface area is 157 Å². The van der Waals surface area contributed by atoms with Crippen LogP contribution in [0.5, 0.6) is 0 Å². The smallest absolute Gasteiger partial charge is 0.251 e. The molecular formula is C22H33N3O. The third-order valence-corrected chi connectivity index (χ3v) is 6.75. The van der Waals surface area contributed by atoms with E-state index in [4.69, 9.17) is 5.73 Å². The predicted octanol–water partition coefficient (Wildman–Crippen LogP) is 3.31. The zero-order valence-electron chi connectivity index (χ0n) is 16.0. The summed E-state index contributed by atoms with van der Waals surface area (Å²) in [6.07, 6.45) is 8.51. The highest BCUT2D eigenvalue weighted by molar-refractivity contribution is 5.94. The van der Waals surface area contributed by atoms with Gasteiger partial charge in [0, 0.05) is 30.2 Å². The van der Waals surface area contributed by atoms with Crippen molar-refractivity contribution in [1.82, 2.24) is 10.2 Å². The lowest BCUT2D eigenvalue weighted by atomic mass is 9.67. The number of amides is 1. The normalized spacial score (nSPS) is 31.0. The van der Waals surface area contributed by atoms with Crippen molar-refractivity contribution in [3.63, 3.8) is 0 Å². The van der Waals surface area contributed by atoms with E-state index in [-0.39, 0.29) is 5.91 Å². The summed E-state index contributed by atoms with van der Waals surface area (Å²) in [5.41, 5.74) is 8.30. The quantitative estimate of drug-likeness (QED) is 0.823. The lowest BCUT2D eigenvalue weighted by Crippen LogP contribution is -2.53. The molecule has 0 saturated heterocycles. The van der Waals surface area contributed by atoms with Gasteiger partial charge in [0.15, 0.2) is 0 Å². The van der Waals surface area contributed by atoms with Gasteiger partial charge in [-0.1, -0.05) is 25.5 Å². The van der Waals surface area contributed by atoms with E-state index >= 15 is 0 Å². The Morgan fingerprint density at radius 3 is 2.35 bits per heavy atom. The third-order valence-electron chi connectivity index (χ3n) is 6.75. The lowest BCUT2D eigenvalue weighted by molar-refractivity contribution is 0.0756. The van der Waals surface area contributed by atoms with E-state index in [1.54, 1.807) is 0 Å². The molecule has 0 aliphatic heterocycles. The fourth-order valence-electron chi connectivity index (χ4n) is 5.19. The van der Waals surface area contributed by atoms with Crippen molar-refractivity contribution in [2.24, 2.45) is 17.6 Å². The molecule has 3 saturated carbocycles. The monoisotopic (exact) mass is 355 g/mol. The molecule has 1 aromatic carbocycles. The van der Waals surface area contributed by atoms with Crippen LogP contribution in [-0.4, -0.2) is 35.5 Å². The van der Waals surface area contributed by atoms with Crippen LogP contribution < -0.4 is 11.1 Å². The molecule has 1 amide bonds. The minimum Gasteiger partial charge on any atom is -0.349 e. The molecule has 0 spiro atoms. The van der Waals surface area contributed by atoms with Crippen LogP contribution >= 0.6 is 0 Å². The van der Waals surface area contributed by atoms with Gasteiger partial charge in [-0.2, -0.15) is 0 Å². The molecule has 0 aromatic heterocycles. The lowest BCUT2D eigenvalue weighted by Gasteiger charge is -2.45. The first-order chi connectivity index (χ1) is 12.6. The SMILES string of the molecule is CCN(Cc1ccc(C(=O)NC2C3CCCC2CC(N)C3)cc1)C1CC1. The highest BCUT2D eigenvalue weighted by Gasteiger charge is 2.40. The average Bonchev–Trinajstić information content (AvgIpc) is 3.46. The van der Waals surface area contributed by atoms with Gasteiger partial charge in [0.25, 0.3) is 5.91 Å². The fraction of sp³-hybridized carbons (Fsp3) is 0.682. The van der Waals surface area contributed by atoms with Crippen LogP contribution in [0.2, 0.25) is 0 Å². The van der Waals surface area contributed by atoms with Crippen LogP contribution in [0.4, 0.5) is 0 Å². The Bertz CT molecular complexity index is 611. The maximum absolute atomic E-state index is 12.8. The molecular weight excluding hydrogens is 322 g/mol. The Morgan fingerprint density at radius 2 is 1.77 bits per heavy atom. The number of hydrogen-bond acceptors (Lipinski definition) is 3. The third kappa shape index (κ3) is 3.96. The van der Waals surface area contributed by atoms with Gasteiger partial charge in [-0.25, -0.2) is 0 Å². The molecule has 2 unspecified atom stereocenters. The molecule has 2 atom stereocenters. The number of fused-ring (bicyclic) bond motifs is 2. The summed E-state index contributed by atoms with van der Waals surface area (Å²) in [4.78, 5) is 15.3. The number of rotatable bonds is 6. The second-order valence-corrected chi connectivity index (χ2v) is 8.67. The van der Waals surface area contributed by atoms with E-state index in [0.29, 0.717) is 23.9 Å². The van der Waals surface area contributed by atoms with Gasteiger partial charge >= 0.3 is 0 Å². The van der Waals surface area contributed by atoms with Crippen molar-refractivity contribution < 1.29 is 4.79 Å². The molecule has 4 rings (SSSR count). The highest BCUT2D eigenvalue weighted by Crippen LogP contribution is 2.39. The molecule has 4 nitrogen and oxygen atoms in total. The summed E-state index contributed by atoms with van der Waals surface area (Å²) in [5, 5.41) is 3.35. The van der Waals surface area contributed by atoms with E-state index in [1.807, 2.05) is 12.1 Å². The van der Waals surface area contributed by atoms with Crippen LogP contribution in [0.15, 0.2) is 24.3 Å². The van der Waals surface area contributed by atoms with Gasteiger partial charge in [-0.3, -0.25) is 9.69 Å². The molecule has 3 aliphatic carbocycles. The van der Waals surface area contributed by atoms with Crippen molar-refractivity contribution >= 4 is 5.91 Å². The van der Waals surface area contributed by atoms with Crippen molar-refractivity contribution in [1.29, 1.82) is 0 Å². The summed E-state index contributed by atoms with van der Waals surface area (Å²) < 4.78 is 0. The maximum Gasteiger partial charge on any atom is 0.251 e. The first-order valence-corrected chi connectivity index (χ1v) is 10.5. The van der Waals surface area contributed by atoms with Crippen LogP contribution in [0.1, 0.15) is 67.8 Å². The Morgan fingerprint density at radius 1 is 1.12 bits per heavy atom. The summed E-state index contributed by atoms with van der Waals surface area (Å²) in [6, 6.07) is 9.66. The number of carbonyl (C=O) groups excluding carboxylic acids is 1. The van der Waals surface area contributed by atoms with E-state index in [0.717, 1.165) is 37.5 Å². The van der Waals surface area contributed by atoms with Crippen molar-refractivity contribution in [2.45, 2.75) is 76.5 Å². The van der Waals surface area contributed by atoms with Crippen LogP contribution in [0.3, 0.4) is 0 Å². The van der Waals surface area contributed by atoms with Crippen LogP contribution in [0.25, 0.3) is 0 Å². The summed E-state index contributed by atoms with van der Waals surface area (Å²) in [5.74, 6) is 1.22.